The third-order valence-corrected chi connectivity index (χ3v) is 5.21. The van der Waals surface area contributed by atoms with Crippen LogP contribution < -0.4 is 9.62 Å². The normalized spacial score (nSPS) is 11.4. The van der Waals surface area contributed by atoms with Crippen LogP contribution in [0.5, 0.6) is 0 Å². The van der Waals surface area contributed by atoms with E-state index in [-0.39, 0.29) is 4.90 Å². The molecule has 124 valence electrons. The van der Waals surface area contributed by atoms with E-state index >= 15 is 0 Å². The van der Waals surface area contributed by atoms with Crippen LogP contribution in [0.4, 0.5) is 10.1 Å². The molecule has 1 N–H and O–H groups in total. The van der Waals surface area contributed by atoms with Crippen molar-refractivity contribution in [3.8, 4) is 0 Å². The van der Waals surface area contributed by atoms with Crippen molar-refractivity contribution >= 4 is 15.7 Å². The van der Waals surface area contributed by atoms with E-state index < -0.39 is 15.8 Å². The van der Waals surface area contributed by atoms with Crippen molar-refractivity contribution in [2.75, 3.05) is 25.0 Å². The molecule has 0 saturated carbocycles. The number of nitrogens with zero attached hydrogens (tertiary/aromatic N) is 1. The molecule has 2 aromatic rings. The van der Waals surface area contributed by atoms with Gasteiger partial charge in [0.1, 0.15) is 5.82 Å². The predicted molar refractivity (Wildman–Crippen MR) is 90.7 cm³/mol. The standard InChI is InChI=1S/C17H21FN2O2S/c1-14-13-15(18)9-10-17(14)23(21,22)19-11-6-12-20(2)16-7-4-3-5-8-16/h3-5,7-10,13,19H,6,11-12H2,1-2H3. The summed E-state index contributed by atoms with van der Waals surface area (Å²) in [7, 11) is -1.64. The van der Waals surface area contributed by atoms with Crippen LogP contribution in [-0.2, 0) is 10.0 Å². The topological polar surface area (TPSA) is 49.4 Å². The van der Waals surface area contributed by atoms with Crippen LogP contribution in [0.1, 0.15) is 12.0 Å². The number of hydrogen-bond acceptors (Lipinski definition) is 3. The number of anilines is 1. The summed E-state index contributed by atoms with van der Waals surface area (Å²) >= 11 is 0. The lowest BCUT2D eigenvalue weighted by Crippen LogP contribution is -2.28. The first-order valence-electron chi connectivity index (χ1n) is 7.42. The monoisotopic (exact) mass is 336 g/mol. The highest BCUT2D eigenvalue weighted by molar-refractivity contribution is 7.89. The SMILES string of the molecule is Cc1cc(F)ccc1S(=O)(=O)NCCCN(C)c1ccccc1. The Labute approximate surface area is 137 Å². The van der Waals surface area contributed by atoms with E-state index in [9.17, 15) is 12.8 Å². The lowest BCUT2D eigenvalue weighted by atomic mass is 10.2. The average Bonchev–Trinajstić information content (AvgIpc) is 2.52. The van der Waals surface area contributed by atoms with Gasteiger partial charge in [0.15, 0.2) is 0 Å². The van der Waals surface area contributed by atoms with Gasteiger partial charge in [0.05, 0.1) is 4.90 Å². The summed E-state index contributed by atoms with van der Waals surface area (Å²) in [5.74, 6) is -0.439. The molecule has 0 saturated heterocycles. The Morgan fingerprint density at radius 2 is 1.83 bits per heavy atom. The number of hydrogen-bond donors (Lipinski definition) is 1. The minimum atomic E-state index is -3.61. The van der Waals surface area contributed by atoms with Crippen LogP contribution in [0, 0.1) is 12.7 Å². The van der Waals surface area contributed by atoms with Gasteiger partial charge >= 0.3 is 0 Å². The van der Waals surface area contributed by atoms with Gasteiger partial charge in [0.2, 0.25) is 10.0 Å². The second-order valence-electron chi connectivity index (χ2n) is 5.42. The fourth-order valence-electron chi connectivity index (χ4n) is 2.33. The van der Waals surface area contributed by atoms with Gasteiger partial charge in [-0.3, -0.25) is 0 Å². The summed E-state index contributed by atoms with van der Waals surface area (Å²) in [5, 5.41) is 0. The predicted octanol–water partition coefficient (Wildman–Crippen LogP) is 2.94. The van der Waals surface area contributed by atoms with Crippen molar-refractivity contribution in [1.29, 1.82) is 0 Å². The summed E-state index contributed by atoms with van der Waals surface area (Å²) in [6, 6.07) is 13.6. The van der Waals surface area contributed by atoms with Crippen LogP contribution >= 0.6 is 0 Å². The fourth-order valence-corrected chi connectivity index (χ4v) is 3.62. The number of sulfonamides is 1. The lowest BCUT2D eigenvalue weighted by molar-refractivity contribution is 0.577. The van der Waals surface area contributed by atoms with Crippen LogP contribution in [0.3, 0.4) is 0 Å². The zero-order valence-electron chi connectivity index (χ0n) is 13.3. The third-order valence-electron chi connectivity index (χ3n) is 3.59. The molecule has 4 nitrogen and oxygen atoms in total. The summed E-state index contributed by atoms with van der Waals surface area (Å²) < 4.78 is 40.1. The van der Waals surface area contributed by atoms with E-state index in [2.05, 4.69) is 9.62 Å². The number of rotatable bonds is 7. The molecule has 2 rings (SSSR count). The number of aryl methyl sites for hydroxylation is 1. The van der Waals surface area contributed by atoms with Crippen molar-refractivity contribution in [3.63, 3.8) is 0 Å². The van der Waals surface area contributed by atoms with Gasteiger partial charge in [-0.1, -0.05) is 18.2 Å². The molecule has 0 aromatic heterocycles. The molecule has 0 aliphatic heterocycles. The van der Waals surface area contributed by atoms with Crippen molar-refractivity contribution in [3.05, 3.63) is 59.9 Å². The van der Waals surface area contributed by atoms with Gasteiger partial charge in [0.25, 0.3) is 0 Å². The van der Waals surface area contributed by atoms with Crippen molar-refractivity contribution < 1.29 is 12.8 Å². The second-order valence-corrected chi connectivity index (χ2v) is 7.15. The van der Waals surface area contributed by atoms with Gasteiger partial charge in [-0.25, -0.2) is 17.5 Å². The number of para-hydroxylation sites is 1. The molecule has 0 spiro atoms. The van der Waals surface area contributed by atoms with Gasteiger partial charge in [-0.2, -0.15) is 0 Å². The second kappa shape index (κ2) is 7.57. The Balaban J connectivity index is 1.88. The minimum Gasteiger partial charge on any atom is -0.375 e. The maximum absolute atomic E-state index is 13.1. The summed E-state index contributed by atoms with van der Waals surface area (Å²) in [6.45, 7) is 2.64. The van der Waals surface area contributed by atoms with E-state index in [1.54, 1.807) is 6.92 Å². The average molecular weight is 336 g/mol. The molecule has 6 heteroatoms. The Morgan fingerprint density at radius 3 is 2.48 bits per heavy atom. The molecule has 0 aliphatic rings. The van der Waals surface area contributed by atoms with Gasteiger partial charge in [0, 0.05) is 25.8 Å². The number of benzene rings is 2. The van der Waals surface area contributed by atoms with Crippen LogP contribution in [0.2, 0.25) is 0 Å². The van der Waals surface area contributed by atoms with Crippen molar-refractivity contribution in [2.45, 2.75) is 18.2 Å². The highest BCUT2D eigenvalue weighted by atomic mass is 32.2. The molecule has 0 radical (unpaired) electrons. The fraction of sp³-hybridized carbons (Fsp3) is 0.294. The molecule has 0 unspecified atom stereocenters. The zero-order chi connectivity index (χ0) is 16.9. The maximum atomic E-state index is 13.1. The number of nitrogens with one attached hydrogen (secondary N) is 1. The first-order chi connectivity index (χ1) is 10.9. The molecule has 0 bridgehead atoms. The molecule has 2 aromatic carbocycles. The minimum absolute atomic E-state index is 0.121. The smallest absolute Gasteiger partial charge is 0.240 e. The first kappa shape index (κ1) is 17.4. The summed E-state index contributed by atoms with van der Waals surface area (Å²) in [6.07, 6.45) is 0.671. The maximum Gasteiger partial charge on any atom is 0.240 e. The van der Waals surface area contributed by atoms with Gasteiger partial charge in [-0.15, -0.1) is 0 Å². The Hall–Kier alpha value is -1.92. The van der Waals surface area contributed by atoms with E-state index in [1.807, 2.05) is 37.4 Å². The lowest BCUT2D eigenvalue weighted by Gasteiger charge is -2.19. The highest BCUT2D eigenvalue weighted by Crippen LogP contribution is 2.16. The van der Waals surface area contributed by atoms with Crippen LogP contribution in [0.25, 0.3) is 0 Å². The van der Waals surface area contributed by atoms with E-state index in [4.69, 9.17) is 0 Å². The summed E-state index contributed by atoms with van der Waals surface area (Å²) in [5.41, 5.74) is 1.49. The van der Waals surface area contributed by atoms with Gasteiger partial charge in [-0.05, 0) is 49.2 Å². The van der Waals surface area contributed by atoms with Crippen molar-refractivity contribution in [2.24, 2.45) is 0 Å². The molecule has 23 heavy (non-hydrogen) atoms. The largest absolute Gasteiger partial charge is 0.375 e. The van der Waals surface area contributed by atoms with E-state index in [0.717, 1.165) is 18.3 Å². The number of halogens is 1. The molecular weight excluding hydrogens is 315 g/mol. The van der Waals surface area contributed by atoms with Crippen LogP contribution in [-0.4, -0.2) is 28.6 Å². The highest BCUT2D eigenvalue weighted by Gasteiger charge is 2.16. The molecule has 0 atom stereocenters. The van der Waals surface area contributed by atoms with Crippen LogP contribution in [0.15, 0.2) is 53.4 Å². The van der Waals surface area contributed by atoms with E-state index in [0.29, 0.717) is 18.5 Å². The zero-order valence-corrected chi connectivity index (χ0v) is 14.1. The molecule has 0 heterocycles. The first-order valence-corrected chi connectivity index (χ1v) is 8.90. The summed E-state index contributed by atoms with van der Waals surface area (Å²) in [4.78, 5) is 2.19. The van der Waals surface area contributed by atoms with E-state index in [1.165, 1.54) is 12.1 Å². The van der Waals surface area contributed by atoms with Crippen molar-refractivity contribution in [1.82, 2.24) is 4.72 Å². The quantitative estimate of drug-likeness (QED) is 0.791. The molecule has 0 amide bonds. The molecule has 0 aliphatic carbocycles. The molecular formula is C17H21FN2O2S. The third kappa shape index (κ3) is 4.77. The molecule has 0 fully saturated rings. The Kier molecular flexibility index (Phi) is 5.74. The Morgan fingerprint density at radius 1 is 1.13 bits per heavy atom. The van der Waals surface area contributed by atoms with Gasteiger partial charge < -0.3 is 4.90 Å². The Bertz CT molecular complexity index is 748.